The second-order valence-electron chi connectivity index (χ2n) is 4.67. The minimum absolute atomic E-state index is 0.345. The van der Waals surface area contributed by atoms with Crippen molar-refractivity contribution in [2.24, 2.45) is 5.92 Å². The third kappa shape index (κ3) is 2.99. The Balaban J connectivity index is 2.14. The summed E-state index contributed by atoms with van der Waals surface area (Å²) in [5.41, 5.74) is 5.73. The lowest BCUT2D eigenvalue weighted by molar-refractivity contribution is 0.436. The van der Waals surface area contributed by atoms with Gasteiger partial charge in [0.05, 0.1) is 0 Å². The van der Waals surface area contributed by atoms with Crippen LogP contribution < -0.4 is 16.0 Å². The number of piperidine rings is 1. The Bertz CT molecular complexity index is 371. The molecule has 0 aliphatic carbocycles. The summed E-state index contributed by atoms with van der Waals surface area (Å²) in [6.07, 6.45) is 2.45. The van der Waals surface area contributed by atoms with Gasteiger partial charge >= 0.3 is 0 Å². The third-order valence-corrected chi connectivity index (χ3v) is 3.20. The van der Waals surface area contributed by atoms with Crippen molar-refractivity contribution in [1.82, 2.24) is 9.97 Å². The molecule has 2 rings (SSSR count). The van der Waals surface area contributed by atoms with Gasteiger partial charge in [0.1, 0.15) is 11.6 Å². The predicted molar refractivity (Wildman–Crippen MR) is 71.2 cm³/mol. The first-order chi connectivity index (χ1) is 8.19. The van der Waals surface area contributed by atoms with Crippen LogP contribution in [0.2, 0.25) is 0 Å². The zero-order valence-corrected chi connectivity index (χ0v) is 10.6. The predicted octanol–water partition coefficient (Wildman–Crippen LogP) is 1.73. The Morgan fingerprint density at radius 1 is 1.41 bits per heavy atom. The summed E-state index contributed by atoms with van der Waals surface area (Å²) in [5.74, 6) is 2.92. The molecule has 94 valence electrons. The number of hydrogen-bond acceptors (Lipinski definition) is 5. The number of nitrogens with two attached hydrogens (primary N) is 1. The van der Waals surface area contributed by atoms with E-state index < -0.39 is 0 Å². The quantitative estimate of drug-likeness (QED) is 0.835. The maximum Gasteiger partial charge on any atom is 0.223 e. The van der Waals surface area contributed by atoms with Crippen LogP contribution in [0.3, 0.4) is 0 Å². The highest BCUT2D eigenvalue weighted by Gasteiger charge is 2.17. The summed E-state index contributed by atoms with van der Waals surface area (Å²) >= 11 is 0. The lowest BCUT2D eigenvalue weighted by Gasteiger charge is -2.31. The van der Waals surface area contributed by atoms with Gasteiger partial charge in [-0.15, -0.1) is 0 Å². The van der Waals surface area contributed by atoms with Gasteiger partial charge in [0, 0.05) is 25.7 Å². The van der Waals surface area contributed by atoms with Crippen molar-refractivity contribution in [3.05, 3.63) is 6.07 Å². The SMILES string of the molecule is CCNc1cc(N2CCC(C)CC2)nc(N)n1. The van der Waals surface area contributed by atoms with E-state index in [-0.39, 0.29) is 0 Å². The molecule has 5 heteroatoms. The molecule has 1 aliphatic heterocycles. The standard InChI is InChI=1S/C12H21N5/c1-3-14-10-8-11(16-12(13)15-10)17-6-4-9(2)5-7-17/h8-9H,3-7H2,1-2H3,(H3,13,14,15,16). The molecule has 1 aliphatic rings. The van der Waals surface area contributed by atoms with E-state index >= 15 is 0 Å². The highest BCUT2D eigenvalue weighted by Crippen LogP contribution is 2.23. The Labute approximate surface area is 102 Å². The number of hydrogen-bond donors (Lipinski definition) is 2. The van der Waals surface area contributed by atoms with Gasteiger partial charge in [-0.05, 0) is 25.7 Å². The molecule has 1 aromatic heterocycles. The van der Waals surface area contributed by atoms with Crippen LogP contribution in [0.25, 0.3) is 0 Å². The lowest BCUT2D eigenvalue weighted by Crippen LogP contribution is -2.33. The van der Waals surface area contributed by atoms with Crippen molar-refractivity contribution in [2.45, 2.75) is 26.7 Å². The van der Waals surface area contributed by atoms with Crippen LogP contribution in [-0.2, 0) is 0 Å². The van der Waals surface area contributed by atoms with Gasteiger partial charge < -0.3 is 16.0 Å². The van der Waals surface area contributed by atoms with Gasteiger partial charge in [-0.1, -0.05) is 6.92 Å². The van der Waals surface area contributed by atoms with E-state index in [2.05, 4.69) is 27.1 Å². The van der Waals surface area contributed by atoms with E-state index in [1.54, 1.807) is 0 Å². The zero-order valence-electron chi connectivity index (χ0n) is 10.6. The molecule has 0 bridgehead atoms. The van der Waals surface area contributed by atoms with Gasteiger partial charge in [0.25, 0.3) is 0 Å². The first kappa shape index (κ1) is 12.0. The molecule has 3 N–H and O–H groups in total. The Morgan fingerprint density at radius 3 is 2.76 bits per heavy atom. The minimum Gasteiger partial charge on any atom is -0.370 e. The van der Waals surface area contributed by atoms with Gasteiger partial charge in [-0.25, -0.2) is 0 Å². The van der Waals surface area contributed by atoms with E-state index in [0.717, 1.165) is 37.2 Å². The van der Waals surface area contributed by atoms with Crippen molar-refractivity contribution in [1.29, 1.82) is 0 Å². The largest absolute Gasteiger partial charge is 0.370 e. The Morgan fingerprint density at radius 2 is 2.12 bits per heavy atom. The van der Waals surface area contributed by atoms with Crippen molar-refractivity contribution < 1.29 is 0 Å². The molecule has 1 fully saturated rings. The van der Waals surface area contributed by atoms with E-state index in [0.29, 0.717) is 5.95 Å². The van der Waals surface area contributed by atoms with Crippen LogP contribution in [-0.4, -0.2) is 29.6 Å². The fourth-order valence-corrected chi connectivity index (χ4v) is 2.12. The average molecular weight is 235 g/mol. The number of anilines is 3. The van der Waals surface area contributed by atoms with Crippen molar-refractivity contribution in [3.8, 4) is 0 Å². The second kappa shape index (κ2) is 5.21. The maximum atomic E-state index is 5.73. The van der Waals surface area contributed by atoms with Gasteiger partial charge in [0.2, 0.25) is 5.95 Å². The average Bonchev–Trinajstić information content (AvgIpc) is 2.29. The van der Waals surface area contributed by atoms with Gasteiger partial charge in [-0.2, -0.15) is 9.97 Å². The molecule has 17 heavy (non-hydrogen) atoms. The molecule has 0 amide bonds. The Kier molecular flexibility index (Phi) is 3.66. The molecule has 1 saturated heterocycles. The monoisotopic (exact) mass is 235 g/mol. The number of nitrogens with zero attached hydrogens (tertiary/aromatic N) is 3. The number of nitrogen functional groups attached to an aromatic ring is 1. The number of aromatic nitrogens is 2. The molecule has 0 spiro atoms. The number of rotatable bonds is 3. The topological polar surface area (TPSA) is 67.1 Å². The molecule has 0 saturated carbocycles. The normalized spacial score (nSPS) is 17.2. The fraction of sp³-hybridized carbons (Fsp3) is 0.667. The molecular formula is C12H21N5. The van der Waals surface area contributed by atoms with Crippen LogP contribution in [0, 0.1) is 5.92 Å². The molecule has 2 heterocycles. The second-order valence-corrected chi connectivity index (χ2v) is 4.67. The highest BCUT2D eigenvalue weighted by atomic mass is 15.2. The van der Waals surface area contributed by atoms with E-state index in [4.69, 9.17) is 5.73 Å². The van der Waals surface area contributed by atoms with Crippen molar-refractivity contribution in [2.75, 3.05) is 35.6 Å². The summed E-state index contributed by atoms with van der Waals surface area (Å²) in [4.78, 5) is 10.8. The summed E-state index contributed by atoms with van der Waals surface area (Å²) in [5, 5.41) is 3.18. The lowest BCUT2D eigenvalue weighted by atomic mass is 9.99. The molecule has 0 aromatic carbocycles. The van der Waals surface area contributed by atoms with Gasteiger partial charge in [0.15, 0.2) is 0 Å². The van der Waals surface area contributed by atoms with Gasteiger partial charge in [-0.3, -0.25) is 0 Å². The maximum absolute atomic E-state index is 5.73. The number of nitrogens with one attached hydrogen (secondary N) is 1. The molecule has 0 unspecified atom stereocenters. The first-order valence-corrected chi connectivity index (χ1v) is 6.32. The van der Waals surface area contributed by atoms with Crippen LogP contribution in [0.15, 0.2) is 6.07 Å². The first-order valence-electron chi connectivity index (χ1n) is 6.32. The smallest absolute Gasteiger partial charge is 0.223 e. The summed E-state index contributed by atoms with van der Waals surface area (Å²) in [6.45, 7) is 7.30. The summed E-state index contributed by atoms with van der Waals surface area (Å²) < 4.78 is 0. The molecule has 0 atom stereocenters. The van der Waals surface area contributed by atoms with E-state index in [9.17, 15) is 0 Å². The van der Waals surface area contributed by atoms with Crippen molar-refractivity contribution in [3.63, 3.8) is 0 Å². The summed E-state index contributed by atoms with van der Waals surface area (Å²) in [6, 6.07) is 1.98. The highest BCUT2D eigenvalue weighted by molar-refractivity contribution is 5.52. The summed E-state index contributed by atoms with van der Waals surface area (Å²) in [7, 11) is 0. The van der Waals surface area contributed by atoms with Crippen LogP contribution in [0.5, 0.6) is 0 Å². The van der Waals surface area contributed by atoms with Crippen LogP contribution >= 0.6 is 0 Å². The van der Waals surface area contributed by atoms with Crippen LogP contribution in [0.4, 0.5) is 17.6 Å². The van der Waals surface area contributed by atoms with E-state index in [1.807, 2.05) is 13.0 Å². The molecule has 0 radical (unpaired) electrons. The third-order valence-electron chi connectivity index (χ3n) is 3.20. The minimum atomic E-state index is 0.345. The molecular weight excluding hydrogens is 214 g/mol. The Hall–Kier alpha value is -1.52. The van der Waals surface area contributed by atoms with Crippen LogP contribution in [0.1, 0.15) is 26.7 Å². The molecule has 5 nitrogen and oxygen atoms in total. The molecule has 1 aromatic rings. The van der Waals surface area contributed by atoms with E-state index in [1.165, 1.54) is 12.8 Å². The zero-order chi connectivity index (χ0) is 12.3. The van der Waals surface area contributed by atoms with Crippen molar-refractivity contribution >= 4 is 17.6 Å². The fourth-order valence-electron chi connectivity index (χ4n) is 2.12.